The second-order valence-corrected chi connectivity index (χ2v) is 14.6. The summed E-state index contributed by atoms with van der Waals surface area (Å²) in [6.07, 6.45) is 1.67. The van der Waals surface area contributed by atoms with Crippen LogP contribution in [0.4, 0.5) is 11.4 Å². The lowest BCUT2D eigenvalue weighted by Gasteiger charge is -2.36. The highest BCUT2D eigenvalue weighted by Gasteiger charge is 2.48. The smallest absolute Gasteiger partial charge is 0.346 e. The van der Waals surface area contributed by atoms with Crippen LogP contribution in [0.2, 0.25) is 0 Å². The average Bonchev–Trinajstić information content (AvgIpc) is 2.88. The van der Waals surface area contributed by atoms with Gasteiger partial charge in [0.15, 0.2) is 5.84 Å². The molecular formula is C22H33N4O6PS. The molecule has 0 saturated carbocycles. The van der Waals surface area contributed by atoms with Crippen LogP contribution in [0.15, 0.2) is 34.3 Å². The maximum Gasteiger partial charge on any atom is 0.346 e. The summed E-state index contributed by atoms with van der Waals surface area (Å²) in [7, 11) is -7.97. The fraction of sp³-hybridized carbons (Fsp3) is 0.545. The van der Waals surface area contributed by atoms with Crippen LogP contribution in [0.1, 0.15) is 48.0 Å². The molecule has 0 aliphatic carbocycles. The van der Waals surface area contributed by atoms with Gasteiger partial charge >= 0.3 is 7.52 Å². The summed E-state index contributed by atoms with van der Waals surface area (Å²) in [6.45, 7) is 12.3. The molecule has 2 aliphatic heterocycles. The highest BCUT2D eigenvalue weighted by Crippen LogP contribution is 2.48. The van der Waals surface area contributed by atoms with Crippen molar-refractivity contribution >= 4 is 46.0 Å². The molecular weight excluding hydrogens is 479 g/mol. The molecule has 0 fully saturated rings. The van der Waals surface area contributed by atoms with E-state index in [9.17, 15) is 27.8 Å². The van der Waals surface area contributed by atoms with E-state index in [4.69, 9.17) is 0 Å². The van der Waals surface area contributed by atoms with Gasteiger partial charge in [-0.05, 0) is 35.4 Å². The third-order valence-electron chi connectivity index (χ3n) is 5.56. The number of nitrogens with zero attached hydrogens (tertiary/aromatic N) is 2. The molecule has 0 saturated heterocycles. The predicted octanol–water partition coefficient (Wildman–Crippen LogP) is 3.20. The highest BCUT2D eigenvalue weighted by molar-refractivity contribution is 7.92. The van der Waals surface area contributed by atoms with Gasteiger partial charge in [-0.3, -0.25) is 14.1 Å². The summed E-state index contributed by atoms with van der Waals surface area (Å²) in [5.41, 5.74) is -0.368. The minimum atomic E-state index is -4.38. The highest BCUT2D eigenvalue weighted by atomic mass is 32.2. The molecule has 34 heavy (non-hydrogen) atoms. The molecule has 0 spiro atoms. The van der Waals surface area contributed by atoms with Crippen LogP contribution in [-0.2, 0) is 19.4 Å². The summed E-state index contributed by atoms with van der Waals surface area (Å²) in [4.78, 5) is 25.7. The number of fused-ring (bicyclic) bond motifs is 1. The Balaban J connectivity index is 2.03. The van der Waals surface area contributed by atoms with E-state index in [0.29, 0.717) is 13.0 Å². The fourth-order valence-corrected chi connectivity index (χ4v) is 5.89. The van der Waals surface area contributed by atoms with Crippen molar-refractivity contribution in [1.29, 1.82) is 0 Å². The molecule has 2 unspecified atom stereocenters. The maximum absolute atomic E-state index is 13.5. The molecule has 3 rings (SSSR count). The van der Waals surface area contributed by atoms with Crippen molar-refractivity contribution in [3.8, 4) is 0 Å². The third kappa shape index (κ3) is 5.47. The molecule has 1 amide bonds. The zero-order valence-corrected chi connectivity index (χ0v) is 22.2. The number of carbonyl (C=O) groups is 1. The molecule has 0 bridgehead atoms. The fourth-order valence-electron chi connectivity index (χ4n) is 4.05. The van der Waals surface area contributed by atoms with Gasteiger partial charge in [0, 0.05) is 12.2 Å². The van der Waals surface area contributed by atoms with Crippen LogP contribution in [0.25, 0.3) is 0 Å². The summed E-state index contributed by atoms with van der Waals surface area (Å²) < 4.78 is 42.3. The van der Waals surface area contributed by atoms with Gasteiger partial charge in [0.2, 0.25) is 10.0 Å². The summed E-state index contributed by atoms with van der Waals surface area (Å²) in [5, 5.41) is 13.9. The molecule has 0 radical (unpaired) electrons. The normalized spacial score (nSPS) is 23.5. The Hall–Kier alpha value is -2.36. The minimum absolute atomic E-state index is 0.0425. The number of benzene rings is 1. The number of aliphatic hydroxyl groups excluding tert-OH is 1. The van der Waals surface area contributed by atoms with E-state index in [2.05, 4.69) is 35.6 Å². The standard InChI is InChI=1S/C22H33N4O6PS/c1-21(2,3)10-11-26-18(22(4,5)6)17(27)16(20(26)28)19-23-14-9-8-13(25-34(7,31)32)12-15(14)33(29,30)24-19/h8-9,12,18,25,27H,10-11H2,1-7H3,(H2,23,24,29,30). The first-order chi connectivity index (χ1) is 15.3. The summed E-state index contributed by atoms with van der Waals surface area (Å²) in [6, 6.07) is 3.45. The van der Waals surface area contributed by atoms with Gasteiger partial charge < -0.3 is 20.2 Å². The molecule has 10 nitrogen and oxygen atoms in total. The molecule has 2 aliphatic rings. The second-order valence-electron chi connectivity index (χ2n) is 11.1. The number of hydrogen-bond donors (Lipinski definition) is 4. The molecule has 2 heterocycles. The van der Waals surface area contributed by atoms with Gasteiger partial charge in [-0.25, -0.2) is 8.42 Å². The first kappa shape index (κ1) is 26.2. The minimum Gasteiger partial charge on any atom is -0.509 e. The van der Waals surface area contributed by atoms with E-state index in [1.54, 1.807) is 4.90 Å². The molecule has 0 aromatic heterocycles. The van der Waals surface area contributed by atoms with Crippen molar-refractivity contribution < 1.29 is 27.8 Å². The average molecular weight is 513 g/mol. The van der Waals surface area contributed by atoms with Crippen molar-refractivity contribution in [2.75, 3.05) is 22.8 Å². The third-order valence-corrected chi connectivity index (χ3v) is 7.64. The lowest BCUT2D eigenvalue weighted by atomic mass is 9.84. The number of carbonyl (C=O) groups excluding carboxylic acids is 1. The number of amides is 1. The van der Waals surface area contributed by atoms with Gasteiger partial charge in [0.25, 0.3) is 5.91 Å². The summed E-state index contributed by atoms with van der Waals surface area (Å²) in [5.74, 6) is -0.847. The number of aliphatic hydroxyl groups is 1. The van der Waals surface area contributed by atoms with Gasteiger partial charge in [0.05, 0.1) is 23.3 Å². The number of sulfonamides is 1. The largest absolute Gasteiger partial charge is 0.509 e. The molecule has 4 N–H and O–H groups in total. The Morgan fingerprint density at radius 1 is 1.21 bits per heavy atom. The maximum atomic E-state index is 13.5. The lowest BCUT2D eigenvalue weighted by molar-refractivity contribution is -0.128. The number of anilines is 2. The number of rotatable bonds is 5. The van der Waals surface area contributed by atoms with Gasteiger partial charge in [-0.2, -0.15) is 4.76 Å². The zero-order chi connectivity index (χ0) is 25.9. The molecule has 2 atom stereocenters. The number of nitrogens with one attached hydrogen (secondary N) is 2. The Morgan fingerprint density at radius 3 is 2.35 bits per heavy atom. The monoisotopic (exact) mass is 512 g/mol. The van der Waals surface area contributed by atoms with Crippen molar-refractivity contribution in [2.24, 2.45) is 15.6 Å². The lowest BCUT2D eigenvalue weighted by Crippen LogP contribution is -2.45. The second kappa shape index (κ2) is 8.39. The van der Waals surface area contributed by atoms with Crippen LogP contribution in [-0.4, -0.2) is 53.9 Å². The summed E-state index contributed by atoms with van der Waals surface area (Å²) >= 11 is 0. The molecule has 1 aromatic carbocycles. The van der Waals surface area contributed by atoms with Crippen LogP contribution in [0.5, 0.6) is 0 Å². The van der Waals surface area contributed by atoms with Crippen molar-refractivity contribution in [3.63, 3.8) is 0 Å². The van der Waals surface area contributed by atoms with Crippen molar-refractivity contribution in [3.05, 3.63) is 29.5 Å². The van der Waals surface area contributed by atoms with Crippen molar-refractivity contribution in [1.82, 2.24) is 4.90 Å². The van der Waals surface area contributed by atoms with E-state index >= 15 is 0 Å². The Morgan fingerprint density at radius 2 is 1.82 bits per heavy atom. The van der Waals surface area contributed by atoms with Gasteiger partial charge in [-0.1, -0.05) is 41.5 Å². The van der Waals surface area contributed by atoms with Crippen LogP contribution < -0.4 is 15.3 Å². The van der Waals surface area contributed by atoms with E-state index in [-0.39, 0.29) is 39.3 Å². The Bertz CT molecular complexity index is 1240. The van der Waals surface area contributed by atoms with E-state index in [1.807, 2.05) is 20.8 Å². The Kier molecular flexibility index (Phi) is 6.48. The Labute approximate surface area is 200 Å². The van der Waals surface area contributed by atoms with Gasteiger partial charge in [0.1, 0.15) is 11.3 Å². The predicted molar refractivity (Wildman–Crippen MR) is 134 cm³/mol. The zero-order valence-electron chi connectivity index (χ0n) is 20.5. The topological polar surface area (TPSA) is 148 Å². The van der Waals surface area contributed by atoms with Gasteiger partial charge in [-0.15, -0.1) is 0 Å². The van der Waals surface area contributed by atoms with E-state index in [1.165, 1.54) is 18.2 Å². The SMILES string of the molecule is CC(C)(C)CCN1C(=O)C(C2=NP(=O)(O)c3cc(NS(C)(=O)=O)ccc3N2)=C(O)C1C(C)(C)C. The number of amidine groups is 1. The quantitative estimate of drug-likeness (QED) is 0.443. The van der Waals surface area contributed by atoms with E-state index in [0.717, 1.165) is 6.26 Å². The molecule has 188 valence electrons. The molecule has 1 aromatic rings. The molecule has 12 heteroatoms. The van der Waals surface area contributed by atoms with Crippen LogP contribution >= 0.6 is 7.52 Å². The van der Waals surface area contributed by atoms with Crippen molar-refractivity contribution in [2.45, 2.75) is 54.0 Å². The van der Waals surface area contributed by atoms with Crippen LogP contribution in [0.3, 0.4) is 0 Å². The van der Waals surface area contributed by atoms with Crippen LogP contribution in [0, 0.1) is 10.8 Å². The van der Waals surface area contributed by atoms with E-state index < -0.39 is 34.9 Å². The first-order valence-corrected chi connectivity index (χ1v) is 14.4. The first-order valence-electron chi connectivity index (χ1n) is 10.9. The number of hydrogen-bond acceptors (Lipinski definition) is 6.